The molecular formula is C24H24ClN3O2S. The van der Waals surface area contributed by atoms with Crippen molar-refractivity contribution in [3.8, 4) is 10.4 Å². The lowest BCUT2D eigenvalue weighted by Gasteiger charge is -2.16. The summed E-state index contributed by atoms with van der Waals surface area (Å²) >= 11 is 7.83. The van der Waals surface area contributed by atoms with Crippen LogP contribution in [0.3, 0.4) is 0 Å². The van der Waals surface area contributed by atoms with Crippen LogP contribution in [-0.4, -0.2) is 22.7 Å². The quantitative estimate of drug-likeness (QED) is 0.616. The number of carbonyl (C=O) groups is 1. The molecule has 160 valence electrons. The third kappa shape index (κ3) is 3.98. The van der Waals surface area contributed by atoms with E-state index in [1.807, 2.05) is 37.4 Å². The Morgan fingerprint density at radius 1 is 1.26 bits per heavy atom. The first kappa shape index (κ1) is 21.5. The average molecular weight is 454 g/mol. The summed E-state index contributed by atoms with van der Waals surface area (Å²) in [6, 6.07) is 8.77. The maximum absolute atomic E-state index is 12.5. The fourth-order valence-corrected chi connectivity index (χ4v) is 5.25. The van der Waals surface area contributed by atoms with E-state index in [0.717, 1.165) is 38.4 Å². The summed E-state index contributed by atoms with van der Waals surface area (Å²) in [5, 5.41) is 3.52. The first-order valence-electron chi connectivity index (χ1n) is 10.2. The number of nitrogens with zero attached hydrogens (tertiary/aromatic N) is 2. The molecule has 2 aromatic heterocycles. The van der Waals surface area contributed by atoms with Crippen LogP contribution < -0.4 is 10.9 Å². The molecule has 1 aliphatic rings. The van der Waals surface area contributed by atoms with Gasteiger partial charge in [-0.1, -0.05) is 23.7 Å². The second-order valence-electron chi connectivity index (χ2n) is 7.74. The molecule has 0 aliphatic carbocycles. The van der Waals surface area contributed by atoms with Crippen molar-refractivity contribution in [2.24, 2.45) is 12.0 Å². The number of fused-ring (bicyclic) bond motifs is 3. The van der Waals surface area contributed by atoms with Gasteiger partial charge in [-0.2, -0.15) is 0 Å². The van der Waals surface area contributed by atoms with Crippen LogP contribution in [0.2, 0.25) is 5.02 Å². The zero-order chi connectivity index (χ0) is 22.3. The molecule has 3 heterocycles. The van der Waals surface area contributed by atoms with E-state index in [-0.39, 0.29) is 17.9 Å². The van der Waals surface area contributed by atoms with Crippen molar-refractivity contribution in [2.45, 2.75) is 33.2 Å². The largest absolute Gasteiger partial charge is 0.356 e. The van der Waals surface area contributed by atoms with Gasteiger partial charge in [0.1, 0.15) is 0 Å². The number of carbonyl (C=O) groups excluding carboxylic acids is 1. The van der Waals surface area contributed by atoms with Gasteiger partial charge < -0.3 is 9.88 Å². The molecular weight excluding hydrogens is 430 g/mol. The predicted octanol–water partition coefficient (Wildman–Crippen LogP) is 4.80. The number of rotatable bonds is 4. The lowest BCUT2D eigenvalue weighted by Crippen LogP contribution is -2.25. The predicted molar refractivity (Wildman–Crippen MR) is 128 cm³/mol. The lowest BCUT2D eigenvalue weighted by atomic mass is 9.95. The Balaban J connectivity index is 2.02. The van der Waals surface area contributed by atoms with E-state index >= 15 is 0 Å². The van der Waals surface area contributed by atoms with Crippen LogP contribution >= 0.6 is 22.9 Å². The van der Waals surface area contributed by atoms with Gasteiger partial charge in [0.05, 0.1) is 18.2 Å². The molecule has 4 rings (SSSR count). The van der Waals surface area contributed by atoms with Crippen molar-refractivity contribution in [3.63, 3.8) is 0 Å². The molecule has 0 bridgehead atoms. The SMILES string of the molecule is CCNC(=O)CC1N=C(c2ccc(Cl)cc2)c2c(sc(C)c2C)-c2cn(C)c(=O)cc21. The normalized spacial score (nSPS) is 15.0. The molecule has 0 radical (unpaired) electrons. The van der Waals surface area contributed by atoms with Crippen LogP contribution in [0.25, 0.3) is 10.4 Å². The smallest absolute Gasteiger partial charge is 0.250 e. The number of amides is 1. The van der Waals surface area contributed by atoms with Crippen LogP contribution in [-0.2, 0) is 11.8 Å². The Labute approximate surface area is 190 Å². The molecule has 0 saturated heterocycles. The molecule has 1 atom stereocenters. The Bertz CT molecular complexity index is 1260. The summed E-state index contributed by atoms with van der Waals surface area (Å²) in [4.78, 5) is 32.4. The lowest BCUT2D eigenvalue weighted by molar-refractivity contribution is -0.121. The Morgan fingerprint density at radius 2 is 1.97 bits per heavy atom. The summed E-state index contributed by atoms with van der Waals surface area (Å²) in [7, 11) is 1.75. The van der Waals surface area contributed by atoms with Crippen molar-refractivity contribution in [1.82, 2.24) is 9.88 Å². The summed E-state index contributed by atoms with van der Waals surface area (Å²) in [6.45, 7) is 6.64. The minimum atomic E-state index is -0.458. The first-order valence-corrected chi connectivity index (χ1v) is 11.4. The average Bonchev–Trinajstić information content (AvgIpc) is 2.95. The van der Waals surface area contributed by atoms with Gasteiger partial charge in [0, 0.05) is 57.3 Å². The van der Waals surface area contributed by atoms with Crippen LogP contribution in [0.5, 0.6) is 0 Å². The molecule has 0 saturated carbocycles. The van der Waals surface area contributed by atoms with Crippen molar-refractivity contribution >= 4 is 34.6 Å². The molecule has 7 heteroatoms. The van der Waals surface area contributed by atoms with Gasteiger partial charge in [0.15, 0.2) is 0 Å². The minimum absolute atomic E-state index is 0.0866. The fraction of sp³-hybridized carbons (Fsp3) is 0.292. The van der Waals surface area contributed by atoms with Crippen LogP contribution in [0.1, 0.15) is 46.5 Å². The van der Waals surface area contributed by atoms with E-state index in [1.54, 1.807) is 29.0 Å². The van der Waals surface area contributed by atoms with Gasteiger partial charge in [-0.05, 0) is 44.0 Å². The third-order valence-electron chi connectivity index (χ3n) is 5.64. The van der Waals surface area contributed by atoms with E-state index < -0.39 is 6.04 Å². The Hall–Kier alpha value is -2.70. The number of hydrogen-bond acceptors (Lipinski definition) is 4. The van der Waals surface area contributed by atoms with Crippen molar-refractivity contribution in [1.29, 1.82) is 0 Å². The summed E-state index contributed by atoms with van der Waals surface area (Å²) < 4.78 is 1.59. The highest BCUT2D eigenvalue weighted by atomic mass is 35.5. The molecule has 1 unspecified atom stereocenters. The van der Waals surface area contributed by atoms with E-state index in [1.165, 1.54) is 4.88 Å². The third-order valence-corrected chi connectivity index (χ3v) is 7.13. The van der Waals surface area contributed by atoms with Gasteiger partial charge in [0.25, 0.3) is 5.56 Å². The number of benzene rings is 1. The van der Waals surface area contributed by atoms with E-state index in [4.69, 9.17) is 16.6 Å². The number of aromatic nitrogens is 1. The molecule has 1 amide bonds. The van der Waals surface area contributed by atoms with Crippen molar-refractivity contribution in [2.75, 3.05) is 6.54 Å². The van der Waals surface area contributed by atoms with Gasteiger partial charge in [-0.3, -0.25) is 14.6 Å². The highest BCUT2D eigenvalue weighted by Gasteiger charge is 2.30. The second-order valence-corrected chi connectivity index (χ2v) is 9.40. The number of nitrogens with one attached hydrogen (secondary N) is 1. The van der Waals surface area contributed by atoms with E-state index in [0.29, 0.717) is 11.6 Å². The van der Waals surface area contributed by atoms with Crippen LogP contribution in [0.15, 0.2) is 46.3 Å². The molecule has 0 fully saturated rings. The van der Waals surface area contributed by atoms with Crippen LogP contribution in [0, 0.1) is 13.8 Å². The maximum atomic E-state index is 12.5. The van der Waals surface area contributed by atoms with E-state index in [2.05, 4.69) is 19.2 Å². The Kier molecular flexibility index (Phi) is 5.86. The summed E-state index contributed by atoms with van der Waals surface area (Å²) in [6.07, 6.45) is 2.05. The van der Waals surface area contributed by atoms with Gasteiger partial charge in [-0.25, -0.2) is 0 Å². The van der Waals surface area contributed by atoms with Crippen LogP contribution in [0.4, 0.5) is 0 Å². The number of aliphatic imine (C=N–C) groups is 1. The van der Waals surface area contributed by atoms with Gasteiger partial charge in [0.2, 0.25) is 5.91 Å². The number of pyridine rings is 1. The van der Waals surface area contributed by atoms with Crippen molar-refractivity contribution in [3.05, 3.63) is 79.0 Å². The number of hydrogen-bond donors (Lipinski definition) is 1. The van der Waals surface area contributed by atoms with Gasteiger partial charge >= 0.3 is 0 Å². The van der Waals surface area contributed by atoms with E-state index in [9.17, 15) is 9.59 Å². The zero-order valence-corrected chi connectivity index (χ0v) is 19.5. The summed E-state index contributed by atoms with van der Waals surface area (Å²) in [5.41, 5.74) is 5.62. The highest BCUT2D eigenvalue weighted by molar-refractivity contribution is 7.16. The number of aryl methyl sites for hydroxylation is 2. The highest BCUT2D eigenvalue weighted by Crippen LogP contribution is 2.44. The first-order chi connectivity index (χ1) is 14.8. The fourth-order valence-electron chi connectivity index (χ4n) is 3.93. The topological polar surface area (TPSA) is 63.5 Å². The number of halogens is 1. The van der Waals surface area contributed by atoms with Crippen molar-refractivity contribution < 1.29 is 4.79 Å². The monoisotopic (exact) mass is 453 g/mol. The molecule has 1 aliphatic heterocycles. The Morgan fingerprint density at radius 3 is 2.65 bits per heavy atom. The molecule has 1 N–H and O–H groups in total. The van der Waals surface area contributed by atoms with Gasteiger partial charge in [-0.15, -0.1) is 11.3 Å². The molecule has 0 spiro atoms. The number of thiophene rings is 1. The standard InChI is InChI=1S/C24H24ClN3O2S/c1-5-26-20(29)11-19-17-10-21(30)28(4)12-18(17)24-22(13(2)14(3)31-24)23(27-19)15-6-8-16(25)9-7-15/h6-10,12,19H,5,11H2,1-4H3,(H,26,29). The maximum Gasteiger partial charge on any atom is 0.250 e. The molecule has 5 nitrogen and oxygen atoms in total. The molecule has 3 aromatic rings. The zero-order valence-electron chi connectivity index (χ0n) is 18.0. The molecule has 31 heavy (non-hydrogen) atoms. The summed E-state index contributed by atoms with van der Waals surface area (Å²) in [5.74, 6) is -0.0866. The second kappa shape index (κ2) is 8.44. The minimum Gasteiger partial charge on any atom is -0.356 e. The molecule has 1 aromatic carbocycles.